The van der Waals surface area contributed by atoms with E-state index in [1.165, 1.54) is 24.8 Å². The molecule has 1 aromatic carbocycles. The van der Waals surface area contributed by atoms with Gasteiger partial charge in [-0.3, -0.25) is 4.79 Å². The molecule has 1 aliphatic carbocycles. The topological polar surface area (TPSA) is 52.6 Å². The van der Waals surface area contributed by atoms with Crippen molar-refractivity contribution in [2.45, 2.75) is 45.1 Å². The van der Waals surface area contributed by atoms with Crippen LogP contribution in [0.4, 0.5) is 5.82 Å². The lowest BCUT2D eigenvalue weighted by Crippen LogP contribution is -2.47. The van der Waals surface area contributed by atoms with Gasteiger partial charge in [-0.05, 0) is 32.9 Å². The van der Waals surface area contributed by atoms with Crippen molar-refractivity contribution in [1.82, 2.24) is 19.8 Å². The Bertz CT molecular complexity index is 885. The number of aryl methyl sites for hydroxylation is 1. The average Bonchev–Trinajstić information content (AvgIpc) is 2.79. The first-order chi connectivity index (χ1) is 14.5. The summed E-state index contributed by atoms with van der Waals surface area (Å²) in [5.74, 6) is 1.51. The van der Waals surface area contributed by atoms with E-state index in [-0.39, 0.29) is 5.91 Å². The van der Waals surface area contributed by atoms with Crippen molar-refractivity contribution in [1.29, 1.82) is 0 Å². The first-order valence-corrected chi connectivity index (χ1v) is 11.2. The van der Waals surface area contributed by atoms with Crippen LogP contribution in [-0.2, 0) is 0 Å². The summed E-state index contributed by atoms with van der Waals surface area (Å²) in [5.41, 5.74) is 2.80. The molecule has 1 aromatic heterocycles. The normalized spacial score (nSPS) is 18.4. The van der Waals surface area contributed by atoms with Crippen molar-refractivity contribution in [3.05, 3.63) is 41.6 Å². The van der Waals surface area contributed by atoms with E-state index >= 15 is 0 Å². The van der Waals surface area contributed by atoms with E-state index in [1.54, 1.807) is 6.20 Å². The number of nitrogens with zero attached hydrogens (tertiary/aromatic N) is 5. The summed E-state index contributed by atoms with van der Waals surface area (Å²) >= 11 is 0. The molecule has 2 heterocycles. The minimum atomic E-state index is 0.0524. The Labute approximate surface area is 179 Å². The van der Waals surface area contributed by atoms with Crippen LogP contribution in [0.2, 0.25) is 0 Å². The highest BCUT2D eigenvalue weighted by molar-refractivity contribution is 5.99. The van der Waals surface area contributed by atoms with Gasteiger partial charge < -0.3 is 14.7 Å². The van der Waals surface area contributed by atoms with Crippen LogP contribution in [0, 0.1) is 6.92 Å². The predicted octanol–water partition coefficient (Wildman–Crippen LogP) is 3.61. The standard InChI is InChI=1S/C24H33N5O/c1-18-8-7-9-19(16-18)22-25-17-21(24(30)29-14-12-27(2)13-15-29)23(26-22)28(3)20-10-5-4-6-11-20/h7-9,16-17,20H,4-6,10-15H2,1-3H3. The summed E-state index contributed by atoms with van der Waals surface area (Å²) < 4.78 is 0. The summed E-state index contributed by atoms with van der Waals surface area (Å²) in [6.07, 6.45) is 7.85. The molecule has 0 atom stereocenters. The van der Waals surface area contributed by atoms with Crippen LogP contribution in [-0.4, -0.2) is 72.0 Å². The van der Waals surface area contributed by atoms with Gasteiger partial charge in [0.05, 0.1) is 0 Å². The maximum absolute atomic E-state index is 13.4. The Balaban J connectivity index is 1.70. The maximum Gasteiger partial charge on any atom is 0.259 e. The Hall–Kier alpha value is -2.47. The fraction of sp³-hybridized carbons (Fsp3) is 0.542. The largest absolute Gasteiger partial charge is 0.356 e. The molecule has 6 nitrogen and oxygen atoms in total. The minimum absolute atomic E-state index is 0.0524. The minimum Gasteiger partial charge on any atom is -0.356 e. The number of carbonyl (C=O) groups is 1. The lowest BCUT2D eigenvalue weighted by Gasteiger charge is -2.35. The van der Waals surface area contributed by atoms with Crippen molar-refractivity contribution >= 4 is 11.7 Å². The lowest BCUT2D eigenvalue weighted by atomic mass is 9.94. The van der Waals surface area contributed by atoms with Gasteiger partial charge >= 0.3 is 0 Å². The fourth-order valence-electron chi connectivity index (χ4n) is 4.54. The van der Waals surface area contributed by atoms with Gasteiger partial charge in [-0.15, -0.1) is 0 Å². The van der Waals surface area contributed by atoms with Crippen molar-refractivity contribution in [3.63, 3.8) is 0 Å². The van der Waals surface area contributed by atoms with Gasteiger partial charge in [0.1, 0.15) is 11.4 Å². The smallest absolute Gasteiger partial charge is 0.259 e. The van der Waals surface area contributed by atoms with Crippen molar-refractivity contribution < 1.29 is 4.79 Å². The van der Waals surface area contributed by atoms with Crippen molar-refractivity contribution in [2.24, 2.45) is 0 Å². The highest BCUT2D eigenvalue weighted by Crippen LogP contribution is 2.29. The Kier molecular flexibility index (Phi) is 6.32. The molecule has 1 saturated carbocycles. The molecule has 4 rings (SSSR count). The zero-order valence-corrected chi connectivity index (χ0v) is 18.5. The summed E-state index contributed by atoms with van der Waals surface area (Å²) in [5, 5.41) is 0. The molecule has 1 saturated heterocycles. The molecule has 0 spiro atoms. The Morgan fingerprint density at radius 1 is 1.10 bits per heavy atom. The fourth-order valence-corrected chi connectivity index (χ4v) is 4.54. The van der Waals surface area contributed by atoms with E-state index < -0.39 is 0 Å². The number of hydrogen-bond donors (Lipinski definition) is 0. The summed E-state index contributed by atoms with van der Waals surface area (Å²) in [6.45, 7) is 5.39. The van der Waals surface area contributed by atoms with E-state index in [4.69, 9.17) is 4.98 Å². The van der Waals surface area contributed by atoms with E-state index in [9.17, 15) is 4.79 Å². The second-order valence-corrected chi connectivity index (χ2v) is 8.80. The maximum atomic E-state index is 13.4. The molecule has 0 unspecified atom stereocenters. The molecule has 2 aromatic rings. The zero-order chi connectivity index (χ0) is 21.1. The molecular weight excluding hydrogens is 374 g/mol. The highest BCUT2D eigenvalue weighted by Gasteiger charge is 2.28. The summed E-state index contributed by atoms with van der Waals surface area (Å²) in [4.78, 5) is 29.4. The number of hydrogen-bond acceptors (Lipinski definition) is 5. The average molecular weight is 408 g/mol. The number of carbonyl (C=O) groups excluding carboxylic acids is 1. The molecule has 0 N–H and O–H groups in total. The number of rotatable bonds is 4. The van der Waals surface area contributed by atoms with E-state index in [0.717, 1.165) is 50.4 Å². The van der Waals surface area contributed by atoms with Gasteiger partial charge in [-0.2, -0.15) is 0 Å². The lowest BCUT2D eigenvalue weighted by molar-refractivity contribution is 0.0664. The van der Waals surface area contributed by atoms with E-state index in [0.29, 0.717) is 17.4 Å². The highest BCUT2D eigenvalue weighted by atomic mass is 16.2. The second-order valence-electron chi connectivity index (χ2n) is 8.80. The molecule has 160 valence electrons. The number of aromatic nitrogens is 2. The zero-order valence-electron chi connectivity index (χ0n) is 18.5. The van der Waals surface area contributed by atoms with Crippen LogP contribution < -0.4 is 4.90 Å². The van der Waals surface area contributed by atoms with Gasteiger partial charge in [0.2, 0.25) is 0 Å². The van der Waals surface area contributed by atoms with Gasteiger partial charge in [-0.25, -0.2) is 9.97 Å². The van der Waals surface area contributed by atoms with Crippen LogP contribution in [0.3, 0.4) is 0 Å². The van der Waals surface area contributed by atoms with Crippen molar-refractivity contribution in [3.8, 4) is 11.4 Å². The molecule has 2 aliphatic rings. The summed E-state index contributed by atoms with van der Waals surface area (Å²) in [6, 6.07) is 8.67. The van der Waals surface area contributed by atoms with Crippen LogP contribution in [0.25, 0.3) is 11.4 Å². The first kappa shape index (κ1) is 20.8. The number of anilines is 1. The third-order valence-corrected chi connectivity index (χ3v) is 6.52. The van der Waals surface area contributed by atoms with Crippen LogP contribution in [0.5, 0.6) is 0 Å². The number of piperazine rings is 1. The number of likely N-dealkylation sites (N-methyl/N-ethyl adjacent to an activating group) is 1. The van der Waals surface area contributed by atoms with Crippen LogP contribution >= 0.6 is 0 Å². The van der Waals surface area contributed by atoms with E-state index in [1.807, 2.05) is 17.0 Å². The van der Waals surface area contributed by atoms with Crippen molar-refractivity contribution in [2.75, 3.05) is 45.2 Å². The Morgan fingerprint density at radius 3 is 2.53 bits per heavy atom. The SMILES string of the molecule is Cc1cccc(-c2ncc(C(=O)N3CCN(C)CC3)c(N(C)C3CCCCC3)n2)c1. The second kappa shape index (κ2) is 9.13. The number of amides is 1. The molecule has 0 radical (unpaired) electrons. The molecule has 1 aliphatic heterocycles. The monoisotopic (exact) mass is 407 g/mol. The van der Waals surface area contributed by atoms with Gasteiger partial charge in [0.15, 0.2) is 5.82 Å². The molecule has 6 heteroatoms. The van der Waals surface area contributed by atoms with Crippen LogP contribution in [0.15, 0.2) is 30.5 Å². The molecular formula is C24H33N5O. The molecule has 2 fully saturated rings. The third kappa shape index (κ3) is 4.48. The molecule has 30 heavy (non-hydrogen) atoms. The van der Waals surface area contributed by atoms with E-state index in [2.05, 4.69) is 47.9 Å². The van der Waals surface area contributed by atoms with Gasteiger partial charge in [0, 0.05) is 51.0 Å². The molecule has 1 amide bonds. The predicted molar refractivity (Wildman–Crippen MR) is 121 cm³/mol. The van der Waals surface area contributed by atoms with Gasteiger partial charge in [0.25, 0.3) is 5.91 Å². The number of benzene rings is 1. The van der Waals surface area contributed by atoms with Gasteiger partial charge in [-0.1, -0.05) is 43.0 Å². The molecule has 0 bridgehead atoms. The Morgan fingerprint density at radius 2 is 1.83 bits per heavy atom. The quantitative estimate of drug-likeness (QED) is 0.775. The first-order valence-electron chi connectivity index (χ1n) is 11.2. The summed E-state index contributed by atoms with van der Waals surface area (Å²) in [7, 11) is 4.20. The third-order valence-electron chi connectivity index (χ3n) is 6.52. The van der Waals surface area contributed by atoms with Crippen LogP contribution in [0.1, 0.15) is 48.0 Å².